The molecular formula is C23H20F4N4O2. The van der Waals surface area contributed by atoms with Crippen molar-refractivity contribution in [1.82, 2.24) is 9.55 Å². The van der Waals surface area contributed by atoms with E-state index in [1.165, 1.54) is 16.7 Å². The van der Waals surface area contributed by atoms with Crippen LogP contribution in [0, 0.1) is 23.1 Å². The minimum Gasteiger partial charge on any atom is -0.489 e. The van der Waals surface area contributed by atoms with Gasteiger partial charge in [-0.15, -0.1) is 0 Å². The predicted octanol–water partition coefficient (Wildman–Crippen LogP) is 4.26. The summed E-state index contributed by atoms with van der Waals surface area (Å²) in [5.41, 5.74) is 0.460. The van der Waals surface area contributed by atoms with Gasteiger partial charge in [0.15, 0.2) is 0 Å². The van der Waals surface area contributed by atoms with Crippen molar-refractivity contribution in [3.05, 3.63) is 63.8 Å². The average Bonchev–Trinajstić information content (AvgIpc) is 2.77. The van der Waals surface area contributed by atoms with Gasteiger partial charge in [0.1, 0.15) is 40.5 Å². The smallest absolute Gasteiger partial charge is 0.420 e. The molecule has 0 amide bonds. The average molecular weight is 460 g/mol. The summed E-state index contributed by atoms with van der Waals surface area (Å²) in [6.07, 6.45) is -4.90. The molecule has 4 rings (SSSR count). The predicted molar refractivity (Wildman–Crippen MR) is 114 cm³/mol. The van der Waals surface area contributed by atoms with E-state index < -0.39 is 29.4 Å². The van der Waals surface area contributed by atoms with Gasteiger partial charge < -0.3 is 14.2 Å². The molecule has 0 aliphatic carbocycles. The van der Waals surface area contributed by atoms with Crippen molar-refractivity contribution in [3.63, 3.8) is 0 Å². The summed E-state index contributed by atoms with van der Waals surface area (Å²) in [4.78, 5) is 18.8. The van der Waals surface area contributed by atoms with E-state index in [1.54, 1.807) is 13.1 Å². The minimum atomic E-state index is -4.74. The second-order valence-electron chi connectivity index (χ2n) is 8.11. The molecule has 6 nitrogen and oxygen atoms in total. The van der Waals surface area contributed by atoms with E-state index in [0.29, 0.717) is 42.3 Å². The van der Waals surface area contributed by atoms with E-state index in [2.05, 4.69) is 4.98 Å². The summed E-state index contributed by atoms with van der Waals surface area (Å²) >= 11 is 0. The van der Waals surface area contributed by atoms with Crippen molar-refractivity contribution < 1.29 is 22.3 Å². The van der Waals surface area contributed by atoms with Crippen LogP contribution in [0.15, 0.2) is 41.2 Å². The molecule has 0 spiro atoms. The maximum Gasteiger partial charge on any atom is 0.420 e. The van der Waals surface area contributed by atoms with Crippen LogP contribution in [0.3, 0.4) is 0 Å². The molecule has 0 bridgehead atoms. The van der Waals surface area contributed by atoms with E-state index in [1.807, 2.05) is 17.9 Å². The fourth-order valence-corrected chi connectivity index (χ4v) is 4.12. The lowest BCUT2D eigenvalue weighted by Gasteiger charge is -2.38. The molecule has 2 aromatic heterocycles. The number of hydrogen-bond acceptors (Lipinski definition) is 5. The van der Waals surface area contributed by atoms with Crippen molar-refractivity contribution in [2.24, 2.45) is 13.0 Å². The third-order valence-corrected chi connectivity index (χ3v) is 5.88. The molecule has 33 heavy (non-hydrogen) atoms. The number of piperidine rings is 1. The lowest BCUT2D eigenvalue weighted by molar-refractivity contribution is -0.139. The van der Waals surface area contributed by atoms with Crippen LogP contribution < -0.4 is 15.2 Å². The first-order chi connectivity index (χ1) is 15.6. The quantitative estimate of drug-likeness (QED) is 0.547. The Morgan fingerprint density at radius 2 is 1.97 bits per heavy atom. The number of hydrogen-bond donors (Lipinski definition) is 0. The number of halogens is 4. The summed E-state index contributed by atoms with van der Waals surface area (Å²) in [5, 5.41) is 9.22. The van der Waals surface area contributed by atoms with Crippen LogP contribution in [0.4, 0.5) is 23.2 Å². The Balaban J connectivity index is 1.62. The number of rotatable bonds is 3. The maximum atomic E-state index is 13.4. The third-order valence-electron chi connectivity index (χ3n) is 5.88. The molecule has 0 N–H and O–H groups in total. The zero-order chi connectivity index (χ0) is 23.9. The zero-order valence-electron chi connectivity index (χ0n) is 17.9. The van der Waals surface area contributed by atoms with E-state index >= 15 is 0 Å². The monoisotopic (exact) mass is 460 g/mol. The van der Waals surface area contributed by atoms with Crippen LogP contribution in [-0.4, -0.2) is 28.7 Å². The fraction of sp³-hybridized carbons (Fsp3) is 0.348. The highest BCUT2D eigenvalue weighted by molar-refractivity contribution is 5.88. The number of pyridine rings is 2. The molecule has 2 atom stereocenters. The summed E-state index contributed by atoms with van der Waals surface area (Å²) in [6, 6.07) is 9.01. The van der Waals surface area contributed by atoms with E-state index in [0.717, 1.165) is 12.1 Å². The molecule has 1 aliphatic rings. The second-order valence-corrected chi connectivity index (χ2v) is 8.11. The summed E-state index contributed by atoms with van der Waals surface area (Å²) in [6.45, 7) is 2.64. The lowest BCUT2D eigenvalue weighted by atomic mass is 9.95. The molecule has 172 valence electrons. The number of aryl methyl sites for hydroxylation is 1. The van der Waals surface area contributed by atoms with Gasteiger partial charge in [-0.1, -0.05) is 6.92 Å². The highest BCUT2D eigenvalue weighted by Gasteiger charge is 2.37. The molecule has 1 aromatic carbocycles. The number of anilines is 1. The Bertz CT molecular complexity index is 1310. The van der Waals surface area contributed by atoms with Gasteiger partial charge in [-0.05, 0) is 30.3 Å². The van der Waals surface area contributed by atoms with Crippen LogP contribution in [0.5, 0.6) is 5.75 Å². The van der Waals surface area contributed by atoms with Gasteiger partial charge in [0.2, 0.25) is 0 Å². The Kier molecular flexibility index (Phi) is 5.74. The lowest BCUT2D eigenvalue weighted by Crippen LogP contribution is -2.45. The normalized spacial score (nSPS) is 18.9. The largest absolute Gasteiger partial charge is 0.489 e. The molecule has 1 fully saturated rings. The SMILES string of the molecule is C[C@H]1CN(c2cc(=O)n(C)c3ccc(C#N)nc23)CC[C@@H]1Oc1ccc(F)cc1C(F)(F)F. The molecule has 1 saturated heterocycles. The molecule has 0 unspecified atom stereocenters. The Labute approximate surface area is 186 Å². The first-order valence-corrected chi connectivity index (χ1v) is 10.3. The van der Waals surface area contributed by atoms with Gasteiger partial charge in [-0.3, -0.25) is 4.79 Å². The van der Waals surface area contributed by atoms with Crippen molar-refractivity contribution in [2.75, 3.05) is 18.0 Å². The third kappa shape index (κ3) is 4.35. The van der Waals surface area contributed by atoms with E-state index in [4.69, 9.17) is 4.74 Å². The molecule has 0 radical (unpaired) electrons. The number of aromatic nitrogens is 2. The van der Waals surface area contributed by atoms with Gasteiger partial charge in [0, 0.05) is 38.5 Å². The minimum absolute atomic E-state index is 0.205. The number of alkyl halides is 3. The summed E-state index contributed by atoms with van der Waals surface area (Å²) in [5.74, 6) is -1.60. The molecule has 1 aliphatic heterocycles. The topological polar surface area (TPSA) is 71.2 Å². The van der Waals surface area contributed by atoms with Gasteiger partial charge in [-0.2, -0.15) is 18.4 Å². The standard InChI is InChI=1S/C23H20F4N4O2/c1-13-12-31(18-10-21(32)30(2)17-5-4-15(11-28)29-22(17)18)8-7-19(13)33-20-6-3-14(24)9-16(20)23(25,26)27/h3-6,9-10,13,19H,7-8,12H2,1-2H3/t13-,19-/m0/s1. The van der Waals surface area contributed by atoms with E-state index in [9.17, 15) is 27.6 Å². The van der Waals surface area contributed by atoms with Crippen LogP contribution in [0.25, 0.3) is 11.0 Å². The Morgan fingerprint density at radius 3 is 2.64 bits per heavy atom. The molecule has 10 heteroatoms. The van der Waals surface area contributed by atoms with Crippen LogP contribution >= 0.6 is 0 Å². The number of benzene rings is 1. The number of ether oxygens (including phenoxy) is 1. The molecule has 0 saturated carbocycles. The first kappa shape index (κ1) is 22.6. The number of nitrogens with zero attached hydrogens (tertiary/aromatic N) is 4. The highest BCUT2D eigenvalue weighted by Crippen LogP contribution is 2.38. The molecule has 3 aromatic rings. The van der Waals surface area contributed by atoms with Crippen molar-refractivity contribution in [1.29, 1.82) is 5.26 Å². The van der Waals surface area contributed by atoms with Crippen LogP contribution in [0.2, 0.25) is 0 Å². The zero-order valence-corrected chi connectivity index (χ0v) is 17.9. The van der Waals surface area contributed by atoms with Crippen molar-refractivity contribution in [2.45, 2.75) is 25.6 Å². The van der Waals surface area contributed by atoms with Gasteiger partial charge >= 0.3 is 6.18 Å². The fourth-order valence-electron chi connectivity index (χ4n) is 4.12. The van der Waals surface area contributed by atoms with Crippen molar-refractivity contribution in [3.8, 4) is 11.8 Å². The summed E-state index contributed by atoms with van der Waals surface area (Å²) in [7, 11) is 1.62. The molecule has 3 heterocycles. The Hall–Kier alpha value is -3.61. The second kappa shape index (κ2) is 8.39. The van der Waals surface area contributed by atoms with E-state index in [-0.39, 0.29) is 17.2 Å². The van der Waals surface area contributed by atoms with Crippen LogP contribution in [0.1, 0.15) is 24.6 Å². The number of fused-ring (bicyclic) bond motifs is 1. The van der Waals surface area contributed by atoms with Gasteiger partial charge in [0.05, 0.1) is 11.2 Å². The first-order valence-electron chi connectivity index (χ1n) is 10.3. The Morgan fingerprint density at radius 1 is 1.21 bits per heavy atom. The highest BCUT2D eigenvalue weighted by atomic mass is 19.4. The van der Waals surface area contributed by atoms with Crippen molar-refractivity contribution >= 4 is 16.7 Å². The molecular weight excluding hydrogens is 440 g/mol. The van der Waals surface area contributed by atoms with Gasteiger partial charge in [0.25, 0.3) is 5.56 Å². The summed E-state index contributed by atoms with van der Waals surface area (Å²) < 4.78 is 60.5. The maximum absolute atomic E-state index is 13.4. The van der Waals surface area contributed by atoms with Crippen LogP contribution in [-0.2, 0) is 13.2 Å². The number of nitriles is 1. The van der Waals surface area contributed by atoms with Gasteiger partial charge in [-0.25, -0.2) is 9.37 Å².